The Labute approximate surface area is 123 Å². The molecule has 7 heteroatoms. The number of para-hydroxylation sites is 1. The summed E-state index contributed by atoms with van der Waals surface area (Å²) in [6, 6.07) is 6.11. The van der Waals surface area contributed by atoms with E-state index in [1.54, 1.807) is 12.1 Å². The number of hydrogen-bond acceptors (Lipinski definition) is 3. The van der Waals surface area contributed by atoms with Gasteiger partial charge in [-0.05, 0) is 12.1 Å². The second-order valence-corrected chi connectivity index (χ2v) is 4.54. The fourth-order valence-electron chi connectivity index (χ4n) is 2.08. The zero-order valence-corrected chi connectivity index (χ0v) is 11.2. The molecule has 1 amide bonds. The van der Waals surface area contributed by atoms with Crippen LogP contribution < -0.4 is 14.8 Å². The van der Waals surface area contributed by atoms with Crippen molar-refractivity contribution in [1.82, 2.24) is 0 Å². The summed E-state index contributed by atoms with van der Waals surface area (Å²) in [7, 11) is 0. The number of carbonyl (C=O) groups excluding carboxylic acids is 1. The lowest BCUT2D eigenvalue weighted by atomic mass is 10.1. The quantitative estimate of drug-likeness (QED) is 0.867. The standard InChI is InChI=1S/C15H10F3NO3/c16-10-6-8(7-11(17)13(10)18)19-15(20)9-2-1-3-12-14(9)22-5-4-21-12/h1-3,6-7H,4-5H2,(H,19,20). The topological polar surface area (TPSA) is 47.6 Å². The Morgan fingerprint density at radius 3 is 2.45 bits per heavy atom. The maximum absolute atomic E-state index is 13.2. The molecule has 0 unspecified atom stereocenters. The lowest BCUT2D eigenvalue weighted by molar-refractivity contribution is 0.101. The molecule has 0 radical (unpaired) electrons. The number of carbonyl (C=O) groups is 1. The van der Waals surface area contributed by atoms with Crippen LogP contribution in [0.3, 0.4) is 0 Å². The number of amides is 1. The van der Waals surface area contributed by atoms with Gasteiger partial charge in [0.25, 0.3) is 5.91 Å². The summed E-state index contributed by atoms with van der Waals surface area (Å²) in [5.41, 5.74) is -0.0435. The number of fused-ring (bicyclic) bond motifs is 1. The Morgan fingerprint density at radius 2 is 1.73 bits per heavy atom. The molecule has 0 atom stereocenters. The molecule has 2 aromatic carbocycles. The van der Waals surface area contributed by atoms with Crippen LogP contribution in [0.5, 0.6) is 11.5 Å². The van der Waals surface area contributed by atoms with Gasteiger partial charge >= 0.3 is 0 Å². The molecule has 0 saturated heterocycles. The van der Waals surface area contributed by atoms with Crippen molar-refractivity contribution in [2.24, 2.45) is 0 Å². The molecule has 0 fully saturated rings. The minimum atomic E-state index is -1.59. The first kappa shape index (κ1) is 14.2. The lowest BCUT2D eigenvalue weighted by Gasteiger charge is -2.20. The molecule has 3 rings (SSSR count). The maximum Gasteiger partial charge on any atom is 0.259 e. The number of benzene rings is 2. The molecule has 0 bridgehead atoms. The third-order valence-corrected chi connectivity index (χ3v) is 3.05. The van der Waals surface area contributed by atoms with Gasteiger partial charge in [0.05, 0.1) is 5.56 Å². The highest BCUT2D eigenvalue weighted by molar-refractivity contribution is 6.06. The van der Waals surface area contributed by atoms with Gasteiger partial charge in [-0.25, -0.2) is 13.2 Å². The van der Waals surface area contributed by atoms with Gasteiger partial charge in [-0.2, -0.15) is 0 Å². The van der Waals surface area contributed by atoms with E-state index in [-0.39, 0.29) is 23.6 Å². The second-order valence-electron chi connectivity index (χ2n) is 4.54. The van der Waals surface area contributed by atoms with Gasteiger partial charge in [0, 0.05) is 17.8 Å². The van der Waals surface area contributed by atoms with Crippen LogP contribution in [0.15, 0.2) is 30.3 Å². The van der Waals surface area contributed by atoms with Crippen LogP contribution in [0.4, 0.5) is 18.9 Å². The molecule has 22 heavy (non-hydrogen) atoms. The highest BCUT2D eigenvalue weighted by Gasteiger charge is 2.21. The molecule has 114 valence electrons. The SMILES string of the molecule is O=C(Nc1cc(F)c(F)c(F)c1)c1cccc2c1OCCO2. The van der Waals surface area contributed by atoms with Gasteiger partial charge in [0.2, 0.25) is 0 Å². The van der Waals surface area contributed by atoms with Gasteiger partial charge in [0.15, 0.2) is 29.0 Å². The molecular weight excluding hydrogens is 299 g/mol. The van der Waals surface area contributed by atoms with E-state index < -0.39 is 23.4 Å². The molecule has 1 aliphatic rings. The van der Waals surface area contributed by atoms with Crippen molar-refractivity contribution in [3.05, 3.63) is 53.3 Å². The summed E-state index contributed by atoms with van der Waals surface area (Å²) in [5.74, 6) is -4.33. The molecule has 2 aromatic rings. The van der Waals surface area contributed by atoms with Crippen molar-refractivity contribution in [3.63, 3.8) is 0 Å². The summed E-state index contributed by atoms with van der Waals surface area (Å²) in [6.45, 7) is 0.656. The van der Waals surface area contributed by atoms with Crippen molar-refractivity contribution in [2.75, 3.05) is 18.5 Å². The molecule has 0 aromatic heterocycles. The first-order valence-electron chi connectivity index (χ1n) is 6.41. The monoisotopic (exact) mass is 309 g/mol. The molecule has 1 N–H and O–H groups in total. The van der Waals surface area contributed by atoms with Crippen LogP contribution in [0, 0.1) is 17.5 Å². The van der Waals surface area contributed by atoms with Gasteiger partial charge in [-0.1, -0.05) is 6.07 Å². The van der Waals surface area contributed by atoms with Crippen LogP contribution in [0.1, 0.15) is 10.4 Å². The Bertz CT molecular complexity index is 726. The van der Waals surface area contributed by atoms with Gasteiger partial charge < -0.3 is 14.8 Å². The molecular formula is C15H10F3NO3. The molecule has 4 nitrogen and oxygen atoms in total. The zero-order chi connectivity index (χ0) is 15.7. The molecule has 1 aliphatic heterocycles. The van der Waals surface area contributed by atoms with E-state index in [1.165, 1.54) is 6.07 Å². The smallest absolute Gasteiger partial charge is 0.259 e. The Hall–Kier alpha value is -2.70. The predicted octanol–water partition coefficient (Wildman–Crippen LogP) is 3.13. The average molecular weight is 309 g/mol. The average Bonchev–Trinajstić information content (AvgIpc) is 2.52. The molecule has 1 heterocycles. The summed E-state index contributed by atoms with van der Waals surface area (Å²) in [5, 5.41) is 2.30. The van der Waals surface area contributed by atoms with Crippen LogP contribution in [0.2, 0.25) is 0 Å². The van der Waals surface area contributed by atoms with Crippen molar-refractivity contribution in [3.8, 4) is 11.5 Å². The van der Waals surface area contributed by atoms with Crippen LogP contribution in [0.25, 0.3) is 0 Å². The maximum atomic E-state index is 13.2. The minimum absolute atomic E-state index is 0.155. The van der Waals surface area contributed by atoms with Crippen LogP contribution in [-0.4, -0.2) is 19.1 Å². The van der Waals surface area contributed by atoms with E-state index in [4.69, 9.17) is 9.47 Å². The molecule has 0 saturated carbocycles. The minimum Gasteiger partial charge on any atom is -0.486 e. The van der Waals surface area contributed by atoms with Crippen molar-refractivity contribution >= 4 is 11.6 Å². The Morgan fingerprint density at radius 1 is 1.05 bits per heavy atom. The number of halogens is 3. The highest BCUT2D eigenvalue weighted by Crippen LogP contribution is 2.34. The van der Waals surface area contributed by atoms with Gasteiger partial charge in [0.1, 0.15) is 13.2 Å². The summed E-state index contributed by atoms with van der Waals surface area (Å²) < 4.78 is 49.9. The third kappa shape index (κ3) is 2.57. The highest BCUT2D eigenvalue weighted by atomic mass is 19.2. The van der Waals surface area contributed by atoms with E-state index in [0.29, 0.717) is 24.5 Å². The van der Waals surface area contributed by atoms with Crippen molar-refractivity contribution in [2.45, 2.75) is 0 Å². The van der Waals surface area contributed by atoms with Crippen molar-refractivity contribution in [1.29, 1.82) is 0 Å². The van der Waals surface area contributed by atoms with Crippen LogP contribution >= 0.6 is 0 Å². The number of nitrogens with one attached hydrogen (secondary N) is 1. The van der Waals surface area contributed by atoms with Crippen LogP contribution in [-0.2, 0) is 0 Å². The van der Waals surface area contributed by atoms with E-state index in [2.05, 4.69) is 5.32 Å². The number of ether oxygens (including phenoxy) is 2. The van der Waals surface area contributed by atoms with E-state index in [9.17, 15) is 18.0 Å². The van der Waals surface area contributed by atoms with Gasteiger partial charge in [-0.3, -0.25) is 4.79 Å². The summed E-state index contributed by atoms with van der Waals surface area (Å²) >= 11 is 0. The zero-order valence-electron chi connectivity index (χ0n) is 11.2. The fraction of sp³-hybridized carbons (Fsp3) is 0.133. The summed E-state index contributed by atoms with van der Waals surface area (Å²) in [4.78, 5) is 12.2. The second kappa shape index (κ2) is 5.59. The Kier molecular flexibility index (Phi) is 3.62. The van der Waals surface area contributed by atoms with Gasteiger partial charge in [-0.15, -0.1) is 0 Å². The van der Waals surface area contributed by atoms with E-state index in [1.807, 2.05) is 0 Å². The number of rotatable bonds is 2. The van der Waals surface area contributed by atoms with E-state index in [0.717, 1.165) is 0 Å². The number of anilines is 1. The third-order valence-electron chi connectivity index (χ3n) is 3.05. The van der Waals surface area contributed by atoms with Crippen molar-refractivity contribution < 1.29 is 27.4 Å². The predicted molar refractivity (Wildman–Crippen MR) is 71.7 cm³/mol. The first-order valence-corrected chi connectivity index (χ1v) is 6.41. The molecule has 0 aliphatic carbocycles. The first-order chi connectivity index (χ1) is 10.6. The lowest BCUT2D eigenvalue weighted by Crippen LogP contribution is -2.20. The van der Waals surface area contributed by atoms with E-state index >= 15 is 0 Å². The Balaban J connectivity index is 1.89. The number of hydrogen-bond donors (Lipinski definition) is 1. The largest absolute Gasteiger partial charge is 0.486 e. The fourth-order valence-corrected chi connectivity index (χ4v) is 2.08. The normalized spacial score (nSPS) is 12.9. The summed E-state index contributed by atoms with van der Waals surface area (Å²) in [6.07, 6.45) is 0. The molecule has 0 spiro atoms.